The summed E-state index contributed by atoms with van der Waals surface area (Å²) < 4.78 is 0. The Balaban J connectivity index is 2.12. The first-order valence-corrected chi connectivity index (χ1v) is 6.35. The van der Waals surface area contributed by atoms with Crippen LogP contribution < -0.4 is 16.6 Å². The number of nitrogens with two attached hydrogens (primary N) is 1. The number of aromatic nitrogens is 1. The second kappa shape index (κ2) is 5.61. The molecule has 1 unspecified atom stereocenters. The minimum Gasteiger partial charge on any atom is -0.345 e. The molecule has 0 aliphatic rings. The molecule has 0 radical (unpaired) electrons. The van der Waals surface area contributed by atoms with E-state index in [4.69, 9.17) is 5.84 Å². The summed E-state index contributed by atoms with van der Waals surface area (Å²) in [7, 11) is 0. The molecule has 0 aliphatic heterocycles. The van der Waals surface area contributed by atoms with E-state index < -0.39 is 0 Å². The van der Waals surface area contributed by atoms with Gasteiger partial charge in [0.2, 0.25) is 0 Å². The fraction of sp³-hybridized carbons (Fsp3) is 0.167. The highest BCUT2D eigenvalue weighted by atomic mass is 32.1. The van der Waals surface area contributed by atoms with Gasteiger partial charge in [-0.05, 0) is 24.4 Å². The summed E-state index contributed by atoms with van der Waals surface area (Å²) in [5.41, 5.74) is 3.48. The second-order valence-corrected chi connectivity index (χ2v) is 4.76. The van der Waals surface area contributed by atoms with Crippen molar-refractivity contribution in [1.82, 2.24) is 10.3 Å². The average molecular weight is 262 g/mol. The maximum Gasteiger partial charge on any atom is 0.255 e. The van der Waals surface area contributed by atoms with Crippen LogP contribution in [0.2, 0.25) is 0 Å². The smallest absolute Gasteiger partial charge is 0.255 e. The van der Waals surface area contributed by atoms with Crippen LogP contribution >= 0.6 is 11.3 Å². The van der Waals surface area contributed by atoms with Crippen LogP contribution in [0.3, 0.4) is 0 Å². The van der Waals surface area contributed by atoms with Gasteiger partial charge in [-0.3, -0.25) is 15.6 Å². The minimum atomic E-state index is -0.197. The number of carbonyl (C=O) groups is 1. The van der Waals surface area contributed by atoms with Crippen molar-refractivity contribution in [3.8, 4) is 0 Å². The van der Waals surface area contributed by atoms with Gasteiger partial charge in [0.25, 0.3) is 5.91 Å². The molecule has 0 saturated carbocycles. The molecule has 2 heterocycles. The van der Waals surface area contributed by atoms with Gasteiger partial charge < -0.3 is 10.7 Å². The highest BCUT2D eigenvalue weighted by Gasteiger charge is 2.15. The standard InChI is InChI=1S/C12H14N4OS/c1-8(11-3-2-6-18-11)15-12(17)9-7-14-5-4-10(9)16-13/h2-8H,13H2,1H3,(H,14,16)(H,15,17). The number of nitrogens with one attached hydrogen (secondary N) is 2. The number of hydrogen-bond acceptors (Lipinski definition) is 5. The Labute approximate surface area is 109 Å². The molecule has 94 valence electrons. The van der Waals surface area contributed by atoms with E-state index in [1.54, 1.807) is 23.6 Å². The Bertz CT molecular complexity index is 527. The van der Waals surface area contributed by atoms with Crippen molar-refractivity contribution in [3.05, 3.63) is 46.4 Å². The molecule has 0 spiro atoms. The normalized spacial score (nSPS) is 11.9. The monoisotopic (exact) mass is 262 g/mol. The summed E-state index contributed by atoms with van der Waals surface area (Å²) in [6.07, 6.45) is 3.07. The number of pyridine rings is 1. The van der Waals surface area contributed by atoms with Gasteiger partial charge >= 0.3 is 0 Å². The van der Waals surface area contributed by atoms with E-state index in [-0.39, 0.29) is 11.9 Å². The quantitative estimate of drug-likeness (QED) is 0.581. The second-order valence-electron chi connectivity index (χ2n) is 3.78. The van der Waals surface area contributed by atoms with Crippen LogP contribution in [0.15, 0.2) is 36.0 Å². The highest BCUT2D eigenvalue weighted by molar-refractivity contribution is 7.10. The molecule has 0 fully saturated rings. The molecule has 6 heteroatoms. The minimum absolute atomic E-state index is 0.0386. The maximum absolute atomic E-state index is 12.1. The number of carbonyl (C=O) groups excluding carboxylic acids is 1. The van der Waals surface area contributed by atoms with E-state index in [9.17, 15) is 4.79 Å². The fourth-order valence-corrected chi connectivity index (χ4v) is 2.32. The van der Waals surface area contributed by atoms with E-state index in [1.807, 2.05) is 24.4 Å². The topological polar surface area (TPSA) is 80.0 Å². The Morgan fingerprint density at radius 1 is 1.50 bits per heavy atom. The van der Waals surface area contributed by atoms with Gasteiger partial charge in [-0.25, -0.2) is 0 Å². The van der Waals surface area contributed by atoms with E-state index in [0.29, 0.717) is 11.3 Å². The number of nitrogens with zero attached hydrogens (tertiary/aromatic N) is 1. The third-order valence-electron chi connectivity index (χ3n) is 2.54. The number of thiophene rings is 1. The first-order chi connectivity index (χ1) is 8.72. The van der Waals surface area contributed by atoms with Crippen molar-refractivity contribution < 1.29 is 4.79 Å². The SMILES string of the molecule is CC(NC(=O)c1cnccc1NN)c1cccs1. The van der Waals surface area contributed by atoms with Crippen LogP contribution in [0.25, 0.3) is 0 Å². The number of rotatable bonds is 4. The summed E-state index contributed by atoms with van der Waals surface area (Å²) in [5, 5.41) is 4.89. The Morgan fingerprint density at radius 3 is 3.00 bits per heavy atom. The molecular formula is C12H14N4OS. The third-order valence-corrected chi connectivity index (χ3v) is 3.59. The number of hydrazine groups is 1. The van der Waals surface area contributed by atoms with Crippen LogP contribution in [-0.2, 0) is 0 Å². The van der Waals surface area contributed by atoms with Gasteiger partial charge in [0.05, 0.1) is 17.3 Å². The van der Waals surface area contributed by atoms with Crippen LogP contribution in [0, 0.1) is 0 Å². The lowest BCUT2D eigenvalue weighted by molar-refractivity contribution is 0.0941. The lowest BCUT2D eigenvalue weighted by atomic mass is 10.2. The molecule has 0 aliphatic carbocycles. The molecule has 2 aromatic heterocycles. The van der Waals surface area contributed by atoms with Gasteiger partial charge in [-0.2, -0.15) is 0 Å². The molecule has 2 aromatic rings. The molecule has 0 aromatic carbocycles. The van der Waals surface area contributed by atoms with Gasteiger partial charge in [0.1, 0.15) is 0 Å². The summed E-state index contributed by atoms with van der Waals surface area (Å²) in [4.78, 5) is 17.1. The summed E-state index contributed by atoms with van der Waals surface area (Å²) in [6, 6.07) is 5.56. The average Bonchev–Trinajstić information content (AvgIpc) is 2.92. The Hall–Kier alpha value is -1.92. The Kier molecular flexibility index (Phi) is 3.91. The summed E-state index contributed by atoms with van der Waals surface area (Å²) >= 11 is 1.61. The van der Waals surface area contributed by atoms with E-state index in [2.05, 4.69) is 15.7 Å². The molecule has 18 heavy (non-hydrogen) atoms. The third kappa shape index (κ3) is 2.66. The molecule has 0 saturated heterocycles. The summed E-state index contributed by atoms with van der Waals surface area (Å²) in [5.74, 6) is 5.16. The predicted octanol–water partition coefficient (Wildman–Crippen LogP) is 1.92. The first-order valence-electron chi connectivity index (χ1n) is 5.47. The zero-order valence-corrected chi connectivity index (χ0v) is 10.7. The number of hydrogen-bond donors (Lipinski definition) is 3. The Morgan fingerprint density at radius 2 is 2.33 bits per heavy atom. The lowest BCUT2D eigenvalue weighted by Crippen LogP contribution is -2.27. The van der Waals surface area contributed by atoms with Crippen molar-refractivity contribution in [3.63, 3.8) is 0 Å². The number of nitrogen functional groups attached to an aromatic ring is 1. The summed E-state index contributed by atoms with van der Waals surface area (Å²) in [6.45, 7) is 1.94. The van der Waals surface area contributed by atoms with Crippen LogP contribution in [-0.4, -0.2) is 10.9 Å². The van der Waals surface area contributed by atoms with Crippen molar-refractivity contribution in [2.45, 2.75) is 13.0 Å². The molecule has 1 atom stereocenters. The fourth-order valence-electron chi connectivity index (χ4n) is 1.58. The number of amides is 1. The number of anilines is 1. The molecular weight excluding hydrogens is 248 g/mol. The maximum atomic E-state index is 12.1. The van der Waals surface area contributed by atoms with Crippen LogP contribution in [0.4, 0.5) is 5.69 Å². The molecule has 1 amide bonds. The van der Waals surface area contributed by atoms with Gasteiger partial charge in [0.15, 0.2) is 0 Å². The largest absolute Gasteiger partial charge is 0.345 e. The lowest BCUT2D eigenvalue weighted by Gasteiger charge is -2.13. The zero-order chi connectivity index (χ0) is 13.0. The van der Waals surface area contributed by atoms with E-state index in [0.717, 1.165) is 4.88 Å². The van der Waals surface area contributed by atoms with Gasteiger partial charge in [-0.15, -0.1) is 11.3 Å². The first kappa shape index (κ1) is 12.5. The molecule has 5 nitrogen and oxygen atoms in total. The molecule has 4 N–H and O–H groups in total. The zero-order valence-electron chi connectivity index (χ0n) is 9.88. The van der Waals surface area contributed by atoms with Gasteiger partial charge in [0, 0.05) is 17.3 Å². The molecule has 0 bridgehead atoms. The predicted molar refractivity (Wildman–Crippen MR) is 72.2 cm³/mol. The van der Waals surface area contributed by atoms with E-state index in [1.165, 1.54) is 6.20 Å². The van der Waals surface area contributed by atoms with Crippen LogP contribution in [0.5, 0.6) is 0 Å². The van der Waals surface area contributed by atoms with Crippen molar-refractivity contribution in [2.24, 2.45) is 5.84 Å². The van der Waals surface area contributed by atoms with Crippen molar-refractivity contribution in [1.29, 1.82) is 0 Å². The van der Waals surface area contributed by atoms with Crippen molar-refractivity contribution in [2.75, 3.05) is 5.43 Å². The molecule has 2 rings (SSSR count). The van der Waals surface area contributed by atoms with E-state index >= 15 is 0 Å². The van der Waals surface area contributed by atoms with Crippen LogP contribution in [0.1, 0.15) is 28.2 Å². The van der Waals surface area contributed by atoms with Crippen molar-refractivity contribution >= 4 is 22.9 Å². The highest BCUT2D eigenvalue weighted by Crippen LogP contribution is 2.19. The van der Waals surface area contributed by atoms with Gasteiger partial charge in [-0.1, -0.05) is 6.07 Å².